The number of nitrogens with one attached hydrogen (secondary N) is 1. The number of benzene rings is 3. The molecule has 2 nitrogen and oxygen atoms in total. The van der Waals surface area contributed by atoms with Crippen LogP contribution in [0.2, 0.25) is 5.02 Å². The first kappa shape index (κ1) is 17.5. The number of hydrogen-bond donors (Lipinski definition) is 1. The van der Waals surface area contributed by atoms with Crippen molar-refractivity contribution in [1.82, 2.24) is 0 Å². The zero-order valence-electron chi connectivity index (χ0n) is 16.1. The molecule has 1 heterocycles. The van der Waals surface area contributed by atoms with Crippen molar-refractivity contribution in [3.05, 3.63) is 88.1 Å². The van der Waals surface area contributed by atoms with E-state index in [0.717, 1.165) is 34.5 Å². The normalized spacial score (nSPS) is 20.5. The summed E-state index contributed by atoms with van der Waals surface area (Å²) < 4.78 is 0. The number of carbonyl (C=O) groups excluding carboxylic acids is 1. The van der Waals surface area contributed by atoms with Crippen molar-refractivity contribution >= 4 is 33.8 Å². The van der Waals surface area contributed by atoms with Gasteiger partial charge < -0.3 is 5.32 Å². The van der Waals surface area contributed by atoms with E-state index in [4.69, 9.17) is 11.6 Å². The van der Waals surface area contributed by atoms with Gasteiger partial charge in [0.05, 0.1) is 5.69 Å². The minimum absolute atomic E-state index is 0.0378. The SMILES string of the molecule is CC1(C)CC(=O)C2=C(C1)Nc1c(ccc3ccccc13)C2c1cccc(Cl)c1. The largest absolute Gasteiger partial charge is 0.358 e. The Hall–Kier alpha value is -2.58. The van der Waals surface area contributed by atoms with E-state index in [-0.39, 0.29) is 17.1 Å². The fraction of sp³-hybridized carbons (Fsp3) is 0.240. The Morgan fingerprint density at radius 3 is 2.64 bits per heavy atom. The highest BCUT2D eigenvalue weighted by atomic mass is 35.5. The second-order valence-electron chi connectivity index (χ2n) is 8.70. The van der Waals surface area contributed by atoms with E-state index >= 15 is 0 Å². The van der Waals surface area contributed by atoms with Gasteiger partial charge in [-0.1, -0.05) is 74.0 Å². The highest BCUT2D eigenvalue weighted by Gasteiger charge is 2.40. The second kappa shape index (κ2) is 6.22. The highest BCUT2D eigenvalue weighted by molar-refractivity contribution is 6.30. The summed E-state index contributed by atoms with van der Waals surface area (Å²) in [5, 5.41) is 6.75. The van der Waals surface area contributed by atoms with Crippen molar-refractivity contribution in [3.8, 4) is 0 Å². The molecular formula is C25H22ClNO. The van der Waals surface area contributed by atoms with Crippen LogP contribution in [0.1, 0.15) is 43.7 Å². The number of allylic oxidation sites excluding steroid dienone is 2. The van der Waals surface area contributed by atoms with Crippen LogP contribution in [-0.2, 0) is 4.79 Å². The molecular weight excluding hydrogens is 366 g/mol. The molecule has 1 N–H and O–H groups in total. The van der Waals surface area contributed by atoms with Gasteiger partial charge in [-0.15, -0.1) is 0 Å². The number of anilines is 1. The molecule has 140 valence electrons. The topological polar surface area (TPSA) is 29.1 Å². The van der Waals surface area contributed by atoms with Gasteiger partial charge in [0.1, 0.15) is 0 Å². The van der Waals surface area contributed by atoms with Crippen LogP contribution in [0, 0.1) is 5.41 Å². The van der Waals surface area contributed by atoms with Gasteiger partial charge in [0, 0.05) is 34.0 Å². The van der Waals surface area contributed by atoms with Crippen molar-refractivity contribution < 1.29 is 4.79 Å². The van der Waals surface area contributed by atoms with E-state index in [0.29, 0.717) is 11.4 Å². The predicted molar refractivity (Wildman–Crippen MR) is 116 cm³/mol. The van der Waals surface area contributed by atoms with E-state index in [1.807, 2.05) is 18.2 Å². The number of carbonyl (C=O) groups is 1. The average molecular weight is 388 g/mol. The Balaban J connectivity index is 1.80. The molecule has 0 fully saturated rings. The Bertz CT molecular complexity index is 1160. The summed E-state index contributed by atoms with van der Waals surface area (Å²) in [5.41, 5.74) is 5.27. The van der Waals surface area contributed by atoms with Crippen LogP contribution >= 0.6 is 11.6 Å². The summed E-state index contributed by atoms with van der Waals surface area (Å²) in [4.78, 5) is 13.3. The van der Waals surface area contributed by atoms with Crippen LogP contribution in [-0.4, -0.2) is 5.78 Å². The molecule has 5 rings (SSSR count). The van der Waals surface area contributed by atoms with Crippen LogP contribution in [0.25, 0.3) is 10.8 Å². The maximum atomic E-state index is 13.3. The molecule has 3 heteroatoms. The lowest BCUT2D eigenvalue weighted by atomic mass is 9.68. The summed E-state index contributed by atoms with van der Waals surface area (Å²) in [7, 11) is 0. The molecule has 0 bridgehead atoms. The monoisotopic (exact) mass is 387 g/mol. The van der Waals surface area contributed by atoms with E-state index in [2.05, 4.69) is 61.6 Å². The number of ketones is 1. The minimum atomic E-state index is -0.0850. The lowest BCUT2D eigenvalue weighted by Crippen LogP contribution is -2.33. The number of rotatable bonds is 1. The van der Waals surface area contributed by atoms with E-state index in [1.165, 1.54) is 10.8 Å². The molecule has 0 saturated heterocycles. The third kappa shape index (κ3) is 2.75. The van der Waals surface area contributed by atoms with Crippen LogP contribution < -0.4 is 5.32 Å². The van der Waals surface area contributed by atoms with Gasteiger partial charge in [0.2, 0.25) is 0 Å². The van der Waals surface area contributed by atoms with Gasteiger partial charge in [-0.2, -0.15) is 0 Å². The fourth-order valence-electron chi connectivity index (χ4n) is 4.79. The van der Waals surface area contributed by atoms with Gasteiger partial charge >= 0.3 is 0 Å². The molecule has 28 heavy (non-hydrogen) atoms. The van der Waals surface area contributed by atoms with Gasteiger partial charge in [0.15, 0.2) is 5.78 Å². The smallest absolute Gasteiger partial charge is 0.162 e. The first-order chi connectivity index (χ1) is 13.4. The lowest BCUT2D eigenvalue weighted by molar-refractivity contribution is -0.118. The van der Waals surface area contributed by atoms with Crippen LogP contribution in [0.5, 0.6) is 0 Å². The van der Waals surface area contributed by atoms with Crippen LogP contribution in [0.3, 0.4) is 0 Å². The first-order valence-electron chi connectivity index (χ1n) is 9.73. The molecule has 0 saturated carbocycles. The van der Waals surface area contributed by atoms with Crippen molar-refractivity contribution in [1.29, 1.82) is 0 Å². The number of hydrogen-bond acceptors (Lipinski definition) is 2. The van der Waals surface area contributed by atoms with E-state index < -0.39 is 0 Å². The third-order valence-electron chi connectivity index (χ3n) is 5.94. The minimum Gasteiger partial charge on any atom is -0.358 e. The first-order valence-corrected chi connectivity index (χ1v) is 10.1. The zero-order chi connectivity index (χ0) is 19.5. The lowest BCUT2D eigenvalue weighted by Gasteiger charge is -2.40. The highest BCUT2D eigenvalue weighted by Crippen LogP contribution is 2.50. The van der Waals surface area contributed by atoms with Gasteiger partial charge in [-0.3, -0.25) is 4.79 Å². The number of Topliss-reactive ketones (excluding diaryl/α,β-unsaturated/α-hetero) is 1. The quantitative estimate of drug-likeness (QED) is 0.503. The van der Waals surface area contributed by atoms with Crippen LogP contribution in [0.15, 0.2) is 71.9 Å². The number of fused-ring (bicyclic) bond motifs is 3. The molecule has 2 aliphatic rings. The molecule has 0 aromatic heterocycles. The molecule has 0 spiro atoms. The Labute approximate surface area is 170 Å². The summed E-state index contributed by atoms with van der Waals surface area (Å²) >= 11 is 6.33. The molecule has 1 aliphatic carbocycles. The fourth-order valence-corrected chi connectivity index (χ4v) is 4.99. The molecule has 3 aromatic carbocycles. The Morgan fingerprint density at radius 1 is 1.00 bits per heavy atom. The zero-order valence-corrected chi connectivity index (χ0v) is 16.8. The van der Waals surface area contributed by atoms with E-state index in [1.54, 1.807) is 0 Å². The van der Waals surface area contributed by atoms with Crippen LogP contribution in [0.4, 0.5) is 5.69 Å². The van der Waals surface area contributed by atoms with Gasteiger partial charge in [-0.05, 0) is 40.5 Å². The summed E-state index contributed by atoms with van der Waals surface area (Å²) in [6.07, 6.45) is 1.45. The average Bonchev–Trinajstić information content (AvgIpc) is 2.65. The second-order valence-corrected chi connectivity index (χ2v) is 9.13. The predicted octanol–water partition coefficient (Wildman–Crippen LogP) is 6.69. The summed E-state index contributed by atoms with van der Waals surface area (Å²) in [5.74, 6) is 0.153. The molecule has 3 aromatic rings. The maximum Gasteiger partial charge on any atom is 0.162 e. The van der Waals surface area contributed by atoms with Gasteiger partial charge in [-0.25, -0.2) is 0 Å². The van der Waals surface area contributed by atoms with Crippen molar-refractivity contribution in [2.45, 2.75) is 32.6 Å². The molecule has 1 aliphatic heterocycles. The third-order valence-corrected chi connectivity index (χ3v) is 6.17. The molecule has 1 atom stereocenters. The standard InChI is InChI=1S/C25H22ClNO/c1-25(2)13-20-23(21(28)14-25)22(16-7-5-8-17(26)12-16)19-11-10-15-6-3-4-9-18(15)24(19)27-20/h3-12,22,27H,13-14H2,1-2H3. The molecule has 0 radical (unpaired) electrons. The Morgan fingerprint density at radius 2 is 1.82 bits per heavy atom. The summed E-state index contributed by atoms with van der Waals surface area (Å²) in [6.45, 7) is 4.34. The summed E-state index contributed by atoms with van der Waals surface area (Å²) in [6, 6.07) is 20.6. The van der Waals surface area contributed by atoms with Crippen molar-refractivity contribution in [2.75, 3.05) is 5.32 Å². The van der Waals surface area contributed by atoms with Crippen molar-refractivity contribution in [2.24, 2.45) is 5.41 Å². The van der Waals surface area contributed by atoms with Crippen molar-refractivity contribution in [3.63, 3.8) is 0 Å². The maximum absolute atomic E-state index is 13.3. The van der Waals surface area contributed by atoms with E-state index in [9.17, 15) is 4.79 Å². The van der Waals surface area contributed by atoms with Gasteiger partial charge in [0.25, 0.3) is 0 Å². The molecule has 1 unspecified atom stereocenters. The molecule has 0 amide bonds. The Kier molecular flexibility index (Phi) is 3.89. The number of halogens is 1.